The molecular weight excluding hydrogens is 276 g/mol. The summed E-state index contributed by atoms with van der Waals surface area (Å²) in [4.78, 5) is 9.35. The molecule has 2 atom stereocenters. The van der Waals surface area contributed by atoms with Crippen molar-refractivity contribution in [2.24, 2.45) is 0 Å². The Labute approximate surface area is 121 Å². The van der Waals surface area contributed by atoms with Gasteiger partial charge in [0, 0.05) is 11.9 Å². The monoisotopic (exact) mass is 294 g/mol. The minimum atomic E-state index is -0.305. The Morgan fingerprint density at radius 1 is 1.53 bits per heavy atom. The Kier molecular flexibility index (Phi) is 3.60. The van der Waals surface area contributed by atoms with E-state index in [1.807, 2.05) is 0 Å². The van der Waals surface area contributed by atoms with E-state index in [4.69, 9.17) is 4.98 Å². The molecule has 1 N–H and O–H groups in total. The fourth-order valence-corrected chi connectivity index (χ4v) is 4.42. The summed E-state index contributed by atoms with van der Waals surface area (Å²) in [6.07, 6.45) is 2.62. The second-order valence-corrected chi connectivity index (χ2v) is 7.01. The summed E-state index contributed by atoms with van der Waals surface area (Å²) in [5.74, 6) is 0. The van der Waals surface area contributed by atoms with Gasteiger partial charge in [0.25, 0.3) is 0 Å². The van der Waals surface area contributed by atoms with E-state index in [-0.39, 0.29) is 6.10 Å². The van der Waals surface area contributed by atoms with Gasteiger partial charge in [-0.1, -0.05) is 17.4 Å². The quantitative estimate of drug-likeness (QED) is 0.936. The standard InChI is InChI=1S/C14H18N2OS2/c1-9(12-7-4-8-18-12)16(2)14-15-10-5-3-6-11(17)13(10)19-14/h4,7-9,11,17H,3,5-6H2,1-2H3. The van der Waals surface area contributed by atoms with Gasteiger partial charge in [-0.2, -0.15) is 0 Å². The van der Waals surface area contributed by atoms with Gasteiger partial charge in [0.05, 0.1) is 22.7 Å². The molecule has 2 aromatic heterocycles. The van der Waals surface area contributed by atoms with Gasteiger partial charge < -0.3 is 10.0 Å². The minimum Gasteiger partial charge on any atom is -0.388 e. The molecule has 0 saturated carbocycles. The van der Waals surface area contributed by atoms with Crippen LogP contribution < -0.4 is 4.90 Å². The van der Waals surface area contributed by atoms with Crippen LogP contribution in [0.2, 0.25) is 0 Å². The average molecular weight is 294 g/mol. The Bertz CT molecular complexity index is 550. The van der Waals surface area contributed by atoms with Crippen LogP contribution in [0.3, 0.4) is 0 Å². The van der Waals surface area contributed by atoms with Crippen molar-refractivity contribution in [3.8, 4) is 0 Å². The summed E-state index contributed by atoms with van der Waals surface area (Å²) < 4.78 is 0. The number of fused-ring (bicyclic) bond motifs is 1. The molecule has 19 heavy (non-hydrogen) atoms. The van der Waals surface area contributed by atoms with E-state index in [1.54, 1.807) is 22.7 Å². The first kappa shape index (κ1) is 13.1. The zero-order valence-corrected chi connectivity index (χ0v) is 12.8. The van der Waals surface area contributed by atoms with E-state index in [9.17, 15) is 5.11 Å². The van der Waals surface area contributed by atoms with Crippen molar-refractivity contribution in [1.29, 1.82) is 0 Å². The lowest BCUT2D eigenvalue weighted by molar-refractivity contribution is 0.160. The van der Waals surface area contributed by atoms with Crippen LogP contribution in [0.4, 0.5) is 5.13 Å². The Balaban J connectivity index is 1.86. The number of hydrogen-bond acceptors (Lipinski definition) is 5. The molecule has 102 valence electrons. The highest BCUT2D eigenvalue weighted by Crippen LogP contribution is 2.39. The fraction of sp³-hybridized carbons (Fsp3) is 0.500. The Morgan fingerprint density at radius 2 is 2.37 bits per heavy atom. The molecule has 0 saturated heterocycles. The predicted molar refractivity (Wildman–Crippen MR) is 81.1 cm³/mol. The highest BCUT2D eigenvalue weighted by molar-refractivity contribution is 7.15. The first-order chi connectivity index (χ1) is 9.16. The van der Waals surface area contributed by atoms with Crippen molar-refractivity contribution in [2.45, 2.75) is 38.3 Å². The molecule has 0 bridgehead atoms. The number of anilines is 1. The van der Waals surface area contributed by atoms with Crippen molar-refractivity contribution < 1.29 is 5.11 Å². The Hall–Kier alpha value is -0.910. The molecule has 2 heterocycles. The zero-order chi connectivity index (χ0) is 13.4. The number of rotatable bonds is 3. The molecule has 1 aliphatic rings. The van der Waals surface area contributed by atoms with Crippen LogP contribution in [0.25, 0.3) is 0 Å². The van der Waals surface area contributed by atoms with Crippen LogP contribution in [0, 0.1) is 0 Å². The lowest BCUT2D eigenvalue weighted by Crippen LogP contribution is -2.20. The number of aryl methyl sites for hydroxylation is 1. The maximum absolute atomic E-state index is 10.0. The maximum atomic E-state index is 10.0. The smallest absolute Gasteiger partial charge is 0.186 e. The average Bonchev–Trinajstić information content (AvgIpc) is 3.06. The molecule has 0 fully saturated rings. The number of aliphatic hydroxyl groups excluding tert-OH is 1. The van der Waals surface area contributed by atoms with Gasteiger partial charge in [-0.15, -0.1) is 11.3 Å². The van der Waals surface area contributed by atoms with Crippen molar-refractivity contribution in [2.75, 3.05) is 11.9 Å². The molecule has 0 aliphatic heterocycles. The number of aliphatic hydroxyl groups is 1. The largest absolute Gasteiger partial charge is 0.388 e. The van der Waals surface area contributed by atoms with E-state index in [0.29, 0.717) is 6.04 Å². The van der Waals surface area contributed by atoms with Crippen LogP contribution in [0.5, 0.6) is 0 Å². The zero-order valence-electron chi connectivity index (χ0n) is 11.2. The van der Waals surface area contributed by atoms with Gasteiger partial charge >= 0.3 is 0 Å². The normalized spacial score (nSPS) is 20.1. The molecule has 0 aromatic carbocycles. The summed E-state index contributed by atoms with van der Waals surface area (Å²) in [5, 5.41) is 13.2. The fourth-order valence-electron chi connectivity index (χ4n) is 2.42. The summed E-state index contributed by atoms with van der Waals surface area (Å²) in [6, 6.07) is 4.57. The summed E-state index contributed by atoms with van der Waals surface area (Å²) in [7, 11) is 2.08. The van der Waals surface area contributed by atoms with Crippen LogP contribution in [-0.2, 0) is 6.42 Å². The number of aromatic nitrogens is 1. The molecule has 2 aromatic rings. The van der Waals surface area contributed by atoms with Crippen LogP contribution in [0.15, 0.2) is 17.5 Å². The molecule has 3 nitrogen and oxygen atoms in total. The maximum Gasteiger partial charge on any atom is 0.186 e. The third kappa shape index (κ3) is 2.42. The van der Waals surface area contributed by atoms with Gasteiger partial charge in [-0.3, -0.25) is 0 Å². The molecular formula is C14H18N2OS2. The van der Waals surface area contributed by atoms with Gasteiger partial charge in [0.2, 0.25) is 0 Å². The second-order valence-electron chi connectivity index (χ2n) is 5.02. The van der Waals surface area contributed by atoms with Crippen molar-refractivity contribution in [3.05, 3.63) is 33.0 Å². The summed E-state index contributed by atoms with van der Waals surface area (Å²) in [5.41, 5.74) is 1.10. The van der Waals surface area contributed by atoms with Gasteiger partial charge in [-0.05, 0) is 37.6 Å². The number of thiazole rings is 1. The highest BCUT2D eigenvalue weighted by Gasteiger charge is 2.25. The first-order valence-corrected chi connectivity index (χ1v) is 8.30. The van der Waals surface area contributed by atoms with Gasteiger partial charge in [0.1, 0.15) is 0 Å². The summed E-state index contributed by atoms with van der Waals surface area (Å²) in [6.45, 7) is 2.20. The van der Waals surface area contributed by atoms with Crippen molar-refractivity contribution in [1.82, 2.24) is 4.98 Å². The molecule has 5 heteroatoms. The van der Waals surface area contributed by atoms with Crippen LogP contribution in [-0.4, -0.2) is 17.1 Å². The molecule has 0 spiro atoms. The van der Waals surface area contributed by atoms with E-state index in [2.05, 4.69) is 36.4 Å². The second kappa shape index (κ2) is 5.23. The topological polar surface area (TPSA) is 36.4 Å². The highest BCUT2D eigenvalue weighted by atomic mass is 32.1. The SMILES string of the molecule is CC(c1cccs1)N(C)c1nc2c(s1)C(O)CCC2. The first-order valence-electron chi connectivity index (χ1n) is 6.60. The number of nitrogens with zero attached hydrogens (tertiary/aromatic N) is 2. The number of hydrogen-bond donors (Lipinski definition) is 1. The van der Waals surface area contributed by atoms with E-state index in [0.717, 1.165) is 35.0 Å². The third-order valence-corrected chi connectivity index (χ3v) is 6.08. The van der Waals surface area contributed by atoms with Gasteiger partial charge in [-0.25, -0.2) is 4.98 Å². The lowest BCUT2D eigenvalue weighted by Gasteiger charge is -2.23. The molecule has 3 rings (SSSR count). The lowest BCUT2D eigenvalue weighted by atomic mass is 10.0. The Morgan fingerprint density at radius 3 is 3.05 bits per heavy atom. The third-order valence-electron chi connectivity index (χ3n) is 3.75. The van der Waals surface area contributed by atoms with Crippen LogP contribution >= 0.6 is 22.7 Å². The van der Waals surface area contributed by atoms with Crippen molar-refractivity contribution in [3.63, 3.8) is 0 Å². The predicted octanol–water partition coefficient (Wildman–Crippen LogP) is 3.77. The van der Waals surface area contributed by atoms with E-state index in [1.165, 1.54) is 4.88 Å². The van der Waals surface area contributed by atoms with E-state index >= 15 is 0 Å². The van der Waals surface area contributed by atoms with Crippen molar-refractivity contribution >= 4 is 27.8 Å². The van der Waals surface area contributed by atoms with Crippen LogP contribution in [0.1, 0.15) is 47.4 Å². The minimum absolute atomic E-state index is 0.305. The molecule has 0 amide bonds. The van der Waals surface area contributed by atoms with Gasteiger partial charge in [0.15, 0.2) is 5.13 Å². The summed E-state index contributed by atoms with van der Waals surface area (Å²) >= 11 is 3.42. The molecule has 2 unspecified atom stereocenters. The molecule has 0 radical (unpaired) electrons. The number of thiophene rings is 1. The van der Waals surface area contributed by atoms with E-state index < -0.39 is 0 Å². The molecule has 1 aliphatic carbocycles.